The highest BCUT2D eigenvalue weighted by atomic mass is 16.5. The largest absolute Gasteiger partial charge is 0.481 e. The van der Waals surface area contributed by atoms with Crippen LogP contribution in [0.2, 0.25) is 0 Å². The summed E-state index contributed by atoms with van der Waals surface area (Å²) in [6.45, 7) is 7.97. The van der Waals surface area contributed by atoms with E-state index in [-0.39, 0.29) is 5.91 Å². The number of esters is 1. The Labute approximate surface area is 154 Å². The van der Waals surface area contributed by atoms with Crippen LogP contribution in [0.1, 0.15) is 49.5 Å². The summed E-state index contributed by atoms with van der Waals surface area (Å²) < 4.78 is 10.7. The topological polar surface area (TPSA) is 64.6 Å². The molecule has 0 radical (unpaired) electrons. The zero-order valence-corrected chi connectivity index (χ0v) is 15.6. The molecule has 2 aromatic rings. The summed E-state index contributed by atoms with van der Waals surface area (Å²) in [5.74, 6) is 0.367. The monoisotopic (exact) mass is 355 g/mol. The van der Waals surface area contributed by atoms with E-state index in [0.29, 0.717) is 29.5 Å². The highest BCUT2D eigenvalue weighted by molar-refractivity contribution is 5.96. The molecule has 0 heterocycles. The molecule has 1 atom stereocenters. The number of anilines is 1. The maximum Gasteiger partial charge on any atom is 0.338 e. The lowest BCUT2D eigenvalue weighted by Gasteiger charge is -2.16. The Morgan fingerprint density at radius 1 is 1.04 bits per heavy atom. The van der Waals surface area contributed by atoms with Crippen LogP contribution >= 0.6 is 0 Å². The van der Waals surface area contributed by atoms with E-state index >= 15 is 0 Å². The number of benzene rings is 2. The standard InChI is InChI=1S/C21H25NO4/c1-5-25-21(24)17-7-6-8-18(13-17)22-20(23)15(4)26-19-11-9-16(10-12-19)14(2)3/h6-15H,5H2,1-4H3,(H,22,23). The summed E-state index contributed by atoms with van der Waals surface area (Å²) in [5.41, 5.74) is 2.12. The third kappa shape index (κ3) is 5.34. The van der Waals surface area contributed by atoms with Crippen molar-refractivity contribution in [3.05, 3.63) is 59.7 Å². The van der Waals surface area contributed by atoms with Crippen molar-refractivity contribution in [1.29, 1.82) is 0 Å². The first-order valence-electron chi connectivity index (χ1n) is 8.75. The number of nitrogens with one attached hydrogen (secondary N) is 1. The maximum atomic E-state index is 12.3. The van der Waals surface area contributed by atoms with Gasteiger partial charge in [0.25, 0.3) is 5.91 Å². The smallest absolute Gasteiger partial charge is 0.338 e. The van der Waals surface area contributed by atoms with E-state index in [0.717, 1.165) is 0 Å². The van der Waals surface area contributed by atoms with Crippen molar-refractivity contribution in [1.82, 2.24) is 0 Å². The molecule has 1 N–H and O–H groups in total. The number of carbonyl (C=O) groups is 2. The van der Waals surface area contributed by atoms with Gasteiger partial charge in [0.05, 0.1) is 12.2 Å². The van der Waals surface area contributed by atoms with Crippen molar-refractivity contribution in [2.24, 2.45) is 0 Å². The summed E-state index contributed by atoms with van der Waals surface area (Å²) in [6.07, 6.45) is -0.675. The summed E-state index contributed by atoms with van der Waals surface area (Å²) in [6, 6.07) is 14.3. The Balaban J connectivity index is 1.98. The molecule has 0 spiro atoms. The molecule has 0 aliphatic heterocycles. The van der Waals surface area contributed by atoms with Crippen LogP contribution in [0, 0.1) is 0 Å². The minimum absolute atomic E-state index is 0.293. The van der Waals surface area contributed by atoms with Gasteiger partial charge in [-0.15, -0.1) is 0 Å². The third-order valence-corrected chi connectivity index (χ3v) is 3.87. The number of carbonyl (C=O) groups excluding carboxylic acids is 2. The Kier molecular flexibility index (Phi) is 6.78. The van der Waals surface area contributed by atoms with E-state index in [1.165, 1.54) is 5.56 Å². The molecule has 1 unspecified atom stereocenters. The van der Waals surface area contributed by atoms with E-state index in [4.69, 9.17) is 9.47 Å². The normalized spacial score (nSPS) is 11.7. The summed E-state index contributed by atoms with van der Waals surface area (Å²) in [7, 11) is 0. The molecule has 138 valence electrons. The fourth-order valence-corrected chi connectivity index (χ4v) is 2.37. The van der Waals surface area contributed by atoms with Crippen LogP contribution in [0.15, 0.2) is 48.5 Å². The molecule has 2 aromatic carbocycles. The molecule has 5 nitrogen and oxygen atoms in total. The van der Waals surface area contributed by atoms with Gasteiger partial charge < -0.3 is 14.8 Å². The predicted octanol–water partition coefficient (Wildman–Crippen LogP) is 4.39. The van der Waals surface area contributed by atoms with Crippen LogP contribution in [0.25, 0.3) is 0 Å². The van der Waals surface area contributed by atoms with Crippen molar-refractivity contribution in [2.75, 3.05) is 11.9 Å². The fourth-order valence-electron chi connectivity index (χ4n) is 2.37. The third-order valence-electron chi connectivity index (χ3n) is 3.87. The van der Waals surface area contributed by atoms with Gasteiger partial charge in [-0.25, -0.2) is 4.79 Å². The summed E-state index contributed by atoms with van der Waals surface area (Å²) in [5, 5.41) is 2.76. The molecule has 2 rings (SSSR count). The molecule has 1 amide bonds. The van der Waals surface area contributed by atoms with E-state index in [2.05, 4.69) is 19.2 Å². The Bertz CT molecular complexity index is 753. The van der Waals surface area contributed by atoms with E-state index in [1.807, 2.05) is 24.3 Å². The number of hydrogen-bond acceptors (Lipinski definition) is 4. The van der Waals surface area contributed by atoms with Gasteiger partial charge in [-0.1, -0.05) is 32.0 Å². The van der Waals surface area contributed by atoms with Crippen LogP contribution in [0.5, 0.6) is 5.75 Å². The molecule has 0 fully saturated rings. The average molecular weight is 355 g/mol. The molecule has 0 saturated heterocycles. The molecule has 26 heavy (non-hydrogen) atoms. The van der Waals surface area contributed by atoms with Crippen LogP contribution in [0.3, 0.4) is 0 Å². The zero-order valence-electron chi connectivity index (χ0n) is 15.6. The minimum Gasteiger partial charge on any atom is -0.481 e. The van der Waals surface area contributed by atoms with Gasteiger partial charge >= 0.3 is 5.97 Å². The maximum absolute atomic E-state index is 12.3. The first-order valence-corrected chi connectivity index (χ1v) is 8.75. The molecule has 0 aromatic heterocycles. The number of hydrogen-bond donors (Lipinski definition) is 1. The molecule has 5 heteroatoms. The molecular weight excluding hydrogens is 330 g/mol. The second-order valence-electron chi connectivity index (χ2n) is 6.27. The van der Waals surface area contributed by atoms with E-state index in [9.17, 15) is 9.59 Å². The molecular formula is C21H25NO4. The van der Waals surface area contributed by atoms with Crippen molar-refractivity contribution in [2.45, 2.75) is 39.7 Å². The first kappa shape index (κ1) is 19.5. The molecule has 0 aliphatic rings. The fraction of sp³-hybridized carbons (Fsp3) is 0.333. The van der Waals surface area contributed by atoms with Gasteiger partial charge in [0.2, 0.25) is 0 Å². The number of rotatable bonds is 7. The lowest BCUT2D eigenvalue weighted by Crippen LogP contribution is -2.30. The van der Waals surface area contributed by atoms with Crippen LogP contribution in [0.4, 0.5) is 5.69 Å². The second kappa shape index (κ2) is 9.04. The SMILES string of the molecule is CCOC(=O)c1cccc(NC(=O)C(C)Oc2ccc(C(C)C)cc2)c1. The van der Waals surface area contributed by atoms with E-state index in [1.54, 1.807) is 38.1 Å². The van der Waals surface area contributed by atoms with E-state index < -0.39 is 12.1 Å². The van der Waals surface area contributed by atoms with Gasteiger partial charge in [-0.05, 0) is 55.7 Å². The molecule has 0 saturated carbocycles. The van der Waals surface area contributed by atoms with Gasteiger partial charge in [-0.2, -0.15) is 0 Å². The van der Waals surface area contributed by atoms with Crippen LogP contribution < -0.4 is 10.1 Å². The van der Waals surface area contributed by atoms with Gasteiger partial charge in [-0.3, -0.25) is 4.79 Å². The minimum atomic E-state index is -0.675. The number of ether oxygens (including phenoxy) is 2. The number of amides is 1. The van der Waals surface area contributed by atoms with Crippen molar-refractivity contribution in [3.63, 3.8) is 0 Å². The van der Waals surface area contributed by atoms with Crippen LogP contribution in [-0.2, 0) is 9.53 Å². The van der Waals surface area contributed by atoms with Crippen molar-refractivity contribution >= 4 is 17.6 Å². The quantitative estimate of drug-likeness (QED) is 0.748. The lowest BCUT2D eigenvalue weighted by molar-refractivity contribution is -0.122. The summed E-state index contributed by atoms with van der Waals surface area (Å²) in [4.78, 5) is 24.1. The Morgan fingerprint density at radius 2 is 1.73 bits per heavy atom. The van der Waals surface area contributed by atoms with Gasteiger partial charge in [0, 0.05) is 5.69 Å². The van der Waals surface area contributed by atoms with Gasteiger partial charge in [0.1, 0.15) is 5.75 Å². The van der Waals surface area contributed by atoms with Crippen molar-refractivity contribution < 1.29 is 19.1 Å². The molecule has 0 bridgehead atoms. The Morgan fingerprint density at radius 3 is 2.35 bits per heavy atom. The van der Waals surface area contributed by atoms with Crippen LogP contribution in [-0.4, -0.2) is 24.6 Å². The van der Waals surface area contributed by atoms with Gasteiger partial charge in [0.15, 0.2) is 6.10 Å². The first-order chi connectivity index (χ1) is 12.4. The highest BCUT2D eigenvalue weighted by Gasteiger charge is 2.16. The Hall–Kier alpha value is -2.82. The zero-order chi connectivity index (χ0) is 19.1. The average Bonchev–Trinajstić information content (AvgIpc) is 2.62. The summed E-state index contributed by atoms with van der Waals surface area (Å²) >= 11 is 0. The lowest BCUT2D eigenvalue weighted by atomic mass is 10.0. The highest BCUT2D eigenvalue weighted by Crippen LogP contribution is 2.20. The molecule has 0 aliphatic carbocycles. The predicted molar refractivity (Wildman–Crippen MR) is 102 cm³/mol. The second-order valence-corrected chi connectivity index (χ2v) is 6.27. The van der Waals surface area contributed by atoms with Crippen molar-refractivity contribution in [3.8, 4) is 5.75 Å².